The van der Waals surface area contributed by atoms with Crippen LogP contribution >= 0.6 is 0 Å². The fraction of sp³-hybridized carbons (Fsp3) is 0.571. The molecule has 0 radical (unpaired) electrons. The predicted molar refractivity (Wildman–Crippen MR) is 78.6 cm³/mol. The van der Waals surface area contributed by atoms with E-state index < -0.39 is 10.0 Å². The molecular weight excluding hydrogens is 260 g/mol. The molecule has 0 spiro atoms. The van der Waals surface area contributed by atoms with Crippen LogP contribution in [0.4, 0.5) is 5.69 Å². The van der Waals surface area contributed by atoms with E-state index in [2.05, 4.69) is 23.9 Å². The highest BCUT2D eigenvalue weighted by Gasteiger charge is 2.27. The second-order valence-corrected chi connectivity index (χ2v) is 7.33. The summed E-state index contributed by atoms with van der Waals surface area (Å²) in [5.41, 5.74) is 1.80. The van der Waals surface area contributed by atoms with E-state index in [1.54, 1.807) is 0 Å². The van der Waals surface area contributed by atoms with E-state index in [1.165, 1.54) is 0 Å². The van der Waals surface area contributed by atoms with Crippen molar-refractivity contribution in [1.29, 1.82) is 0 Å². The molecule has 2 rings (SSSR count). The zero-order chi connectivity index (χ0) is 13.9. The van der Waals surface area contributed by atoms with Gasteiger partial charge in [0.2, 0.25) is 10.0 Å². The predicted octanol–water partition coefficient (Wildman–Crippen LogP) is 2.34. The zero-order valence-corrected chi connectivity index (χ0v) is 12.3. The second kappa shape index (κ2) is 5.92. The Morgan fingerprint density at radius 3 is 2.37 bits per heavy atom. The van der Waals surface area contributed by atoms with Crippen molar-refractivity contribution in [1.82, 2.24) is 5.32 Å². The number of rotatable bonds is 7. The van der Waals surface area contributed by atoms with E-state index in [9.17, 15) is 8.42 Å². The molecule has 1 saturated carbocycles. The number of benzene rings is 1. The van der Waals surface area contributed by atoms with E-state index in [0.29, 0.717) is 17.6 Å². The van der Waals surface area contributed by atoms with Crippen molar-refractivity contribution in [3.63, 3.8) is 0 Å². The van der Waals surface area contributed by atoms with Gasteiger partial charge in [-0.2, -0.15) is 0 Å². The lowest BCUT2D eigenvalue weighted by atomic mass is 10.2. The van der Waals surface area contributed by atoms with Crippen LogP contribution in [0.3, 0.4) is 0 Å². The lowest BCUT2D eigenvalue weighted by Gasteiger charge is -2.10. The average molecular weight is 282 g/mol. The Morgan fingerprint density at radius 1 is 1.21 bits per heavy atom. The molecule has 0 amide bonds. The molecule has 4 nitrogen and oxygen atoms in total. The number of hydrogen-bond donors (Lipinski definition) is 2. The van der Waals surface area contributed by atoms with E-state index in [4.69, 9.17) is 0 Å². The van der Waals surface area contributed by atoms with Crippen molar-refractivity contribution in [2.45, 2.75) is 39.3 Å². The first-order chi connectivity index (χ1) is 8.94. The summed E-state index contributed by atoms with van der Waals surface area (Å²) in [5, 5.41) is 3.33. The summed E-state index contributed by atoms with van der Waals surface area (Å²) < 4.78 is 26.3. The third kappa shape index (κ3) is 5.20. The van der Waals surface area contributed by atoms with Gasteiger partial charge in [0.15, 0.2) is 0 Å². The van der Waals surface area contributed by atoms with Crippen molar-refractivity contribution in [3.8, 4) is 0 Å². The van der Waals surface area contributed by atoms with Gasteiger partial charge in [-0.05, 0) is 36.5 Å². The van der Waals surface area contributed by atoms with Crippen LogP contribution in [0.15, 0.2) is 24.3 Å². The van der Waals surface area contributed by atoms with E-state index in [0.717, 1.165) is 24.9 Å². The first kappa shape index (κ1) is 14.3. The minimum atomic E-state index is -3.18. The van der Waals surface area contributed by atoms with Gasteiger partial charge < -0.3 is 5.32 Å². The van der Waals surface area contributed by atoms with Gasteiger partial charge in [-0.1, -0.05) is 26.0 Å². The van der Waals surface area contributed by atoms with Crippen LogP contribution in [0.2, 0.25) is 0 Å². The fourth-order valence-corrected chi connectivity index (χ4v) is 3.36. The first-order valence-electron chi connectivity index (χ1n) is 6.77. The summed E-state index contributed by atoms with van der Waals surface area (Å²) >= 11 is 0. The SMILES string of the molecule is CC(C)NCc1ccc(NS(=O)(=O)CC2CC2)cc1. The van der Waals surface area contributed by atoms with Gasteiger partial charge in [0.1, 0.15) is 0 Å². The van der Waals surface area contributed by atoms with Gasteiger partial charge in [-0.25, -0.2) is 8.42 Å². The van der Waals surface area contributed by atoms with Gasteiger partial charge >= 0.3 is 0 Å². The number of anilines is 1. The smallest absolute Gasteiger partial charge is 0.232 e. The van der Waals surface area contributed by atoms with Gasteiger partial charge in [0.05, 0.1) is 5.75 Å². The molecule has 1 aromatic carbocycles. The number of nitrogens with one attached hydrogen (secondary N) is 2. The molecule has 0 unspecified atom stereocenters. The lowest BCUT2D eigenvalue weighted by molar-refractivity contribution is 0.589. The Kier molecular flexibility index (Phi) is 4.47. The largest absolute Gasteiger partial charge is 0.310 e. The topological polar surface area (TPSA) is 58.2 Å². The second-order valence-electron chi connectivity index (χ2n) is 5.56. The minimum Gasteiger partial charge on any atom is -0.310 e. The lowest BCUT2D eigenvalue weighted by Crippen LogP contribution is -2.21. The summed E-state index contributed by atoms with van der Waals surface area (Å²) in [6, 6.07) is 7.98. The third-order valence-electron chi connectivity index (χ3n) is 3.09. The number of hydrogen-bond acceptors (Lipinski definition) is 3. The Morgan fingerprint density at radius 2 is 1.84 bits per heavy atom. The number of sulfonamides is 1. The molecule has 1 aliphatic rings. The monoisotopic (exact) mass is 282 g/mol. The maximum atomic E-state index is 11.8. The highest BCUT2D eigenvalue weighted by Crippen LogP contribution is 2.30. The van der Waals surface area contributed by atoms with Crippen LogP contribution in [-0.2, 0) is 16.6 Å². The van der Waals surface area contributed by atoms with Gasteiger partial charge in [0.25, 0.3) is 0 Å². The van der Waals surface area contributed by atoms with Crippen LogP contribution in [0.1, 0.15) is 32.3 Å². The Bertz CT molecular complexity index is 505. The maximum absolute atomic E-state index is 11.8. The molecule has 0 bridgehead atoms. The third-order valence-corrected chi connectivity index (χ3v) is 4.55. The van der Waals surface area contributed by atoms with Crippen molar-refractivity contribution in [2.75, 3.05) is 10.5 Å². The van der Waals surface area contributed by atoms with Crippen LogP contribution < -0.4 is 10.0 Å². The van der Waals surface area contributed by atoms with Crippen molar-refractivity contribution in [3.05, 3.63) is 29.8 Å². The molecule has 2 N–H and O–H groups in total. The maximum Gasteiger partial charge on any atom is 0.232 e. The van der Waals surface area contributed by atoms with Gasteiger partial charge in [-0.3, -0.25) is 4.72 Å². The molecule has 0 heterocycles. The van der Waals surface area contributed by atoms with E-state index in [-0.39, 0.29) is 5.75 Å². The van der Waals surface area contributed by atoms with Crippen molar-refractivity contribution in [2.24, 2.45) is 5.92 Å². The van der Waals surface area contributed by atoms with Crippen molar-refractivity contribution < 1.29 is 8.42 Å². The van der Waals surface area contributed by atoms with Crippen LogP contribution in [-0.4, -0.2) is 20.2 Å². The molecule has 0 aromatic heterocycles. The van der Waals surface area contributed by atoms with E-state index in [1.807, 2.05) is 24.3 Å². The standard InChI is InChI=1S/C14H22N2O2S/c1-11(2)15-9-12-5-7-14(8-6-12)16-19(17,18)10-13-3-4-13/h5-8,11,13,15-16H,3-4,9-10H2,1-2H3. The molecule has 0 aliphatic heterocycles. The summed E-state index contributed by atoms with van der Waals surface area (Å²) in [4.78, 5) is 0. The zero-order valence-electron chi connectivity index (χ0n) is 11.5. The van der Waals surface area contributed by atoms with Crippen molar-refractivity contribution >= 4 is 15.7 Å². The molecule has 1 aliphatic carbocycles. The molecule has 0 saturated heterocycles. The van der Waals surface area contributed by atoms with Crippen LogP contribution in [0.5, 0.6) is 0 Å². The Labute approximate surface area is 115 Å². The summed E-state index contributed by atoms with van der Waals surface area (Å²) in [7, 11) is -3.18. The highest BCUT2D eigenvalue weighted by atomic mass is 32.2. The fourth-order valence-electron chi connectivity index (χ4n) is 1.83. The quantitative estimate of drug-likeness (QED) is 0.807. The summed E-state index contributed by atoms with van der Waals surface area (Å²) in [6.45, 7) is 4.99. The average Bonchev–Trinajstić information content (AvgIpc) is 3.10. The van der Waals surface area contributed by atoms with Gasteiger partial charge in [0, 0.05) is 18.3 Å². The van der Waals surface area contributed by atoms with Gasteiger partial charge in [-0.15, -0.1) is 0 Å². The normalized spacial score (nSPS) is 15.7. The molecule has 1 aromatic rings. The molecule has 1 fully saturated rings. The summed E-state index contributed by atoms with van der Waals surface area (Å²) in [6.07, 6.45) is 2.08. The minimum absolute atomic E-state index is 0.254. The molecule has 106 valence electrons. The van der Waals surface area contributed by atoms with Crippen LogP contribution in [0, 0.1) is 5.92 Å². The molecule has 19 heavy (non-hydrogen) atoms. The highest BCUT2D eigenvalue weighted by molar-refractivity contribution is 7.92. The molecular formula is C14H22N2O2S. The molecule has 5 heteroatoms. The Balaban J connectivity index is 1.90. The Hall–Kier alpha value is -1.07. The van der Waals surface area contributed by atoms with E-state index >= 15 is 0 Å². The molecule has 0 atom stereocenters. The first-order valence-corrected chi connectivity index (χ1v) is 8.42. The van der Waals surface area contributed by atoms with Crippen LogP contribution in [0.25, 0.3) is 0 Å². The summed E-state index contributed by atoms with van der Waals surface area (Å²) in [5.74, 6) is 0.621.